The fraction of sp³-hybridized carbons (Fsp3) is 0.417. The average molecular weight is 334 g/mol. The van der Waals surface area contributed by atoms with Crippen LogP contribution in [0, 0.1) is 0 Å². The van der Waals surface area contributed by atoms with Gasteiger partial charge in [0.15, 0.2) is 9.84 Å². The molecule has 7 nitrogen and oxygen atoms in total. The minimum atomic E-state index is -3.78. The van der Waals surface area contributed by atoms with Crippen molar-refractivity contribution in [1.29, 1.82) is 0 Å². The van der Waals surface area contributed by atoms with E-state index < -0.39 is 36.8 Å². The topological polar surface area (TPSA) is 115 Å². The fourth-order valence-corrected chi connectivity index (χ4v) is 3.76. The van der Waals surface area contributed by atoms with Crippen LogP contribution in [-0.2, 0) is 30.4 Å². The van der Waals surface area contributed by atoms with Crippen LogP contribution in [0.4, 0.5) is 0 Å². The lowest BCUT2D eigenvalue weighted by Crippen LogP contribution is -2.34. The Morgan fingerprint density at radius 2 is 1.81 bits per heavy atom. The summed E-state index contributed by atoms with van der Waals surface area (Å²) < 4.78 is 49.0. The molecule has 1 atom stereocenters. The molecule has 0 aliphatic carbocycles. The van der Waals surface area contributed by atoms with E-state index in [4.69, 9.17) is 5.73 Å². The van der Waals surface area contributed by atoms with E-state index in [9.17, 15) is 21.6 Å². The van der Waals surface area contributed by atoms with Crippen molar-refractivity contribution < 1.29 is 21.6 Å². The third-order valence-electron chi connectivity index (χ3n) is 2.98. The van der Waals surface area contributed by atoms with E-state index >= 15 is 0 Å². The molecule has 0 spiro atoms. The second-order valence-electron chi connectivity index (χ2n) is 4.79. The summed E-state index contributed by atoms with van der Waals surface area (Å²) in [6.07, 6.45) is 0. The van der Waals surface area contributed by atoms with Gasteiger partial charge in [-0.05, 0) is 24.6 Å². The second kappa shape index (κ2) is 6.12. The van der Waals surface area contributed by atoms with E-state index in [1.54, 1.807) is 0 Å². The Kier molecular flexibility index (Phi) is 5.13. The quantitative estimate of drug-likeness (QED) is 0.769. The summed E-state index contributed by atoms with van der Waals surface area (Å²) in [4.78, 5) is 11.0. The van der Waals surface area contributed by atoms with Crippen LogP contribution in [0.15, 0.2) is 29.2 Å². The number of sulfone groups is 1. The van der Waals surface area contributed by atoms with Gasteiger partial charge in [0.05, 0.1) is 10.6 Å². The van der Waals surface area contributed by atoms with Crippen LogP contribution in [0.25, 0.3) is 0 Å². The van der Waals surface area contributed by atoms with Gasteiger partial charge in [0.25, 0.3) is 0 Å². The summed E-state index contributed by atoms with van der Waals surface area (Å²) in [6, 6.07) is 5.60. The first kappa shape index (κ1) is 17.6. The van der Waals surface area contributed by atoms with Crippen LogP contribution in [0.3, 0.4) is 0 Å². The van der Waals surface area contributed by atoms with Gasteiger partial charge in [-0.1, -0.05) is 12.1 Å². The van der Waals surface area contributed by atoms with Gasteiger partial charge in [0.1, 0.15) is 5.25 Å². The van der Waals surface area contributed by atoms with Gasteiger partial charge in [-0.2, -0.15) is 0 Å². The van der Waals surface area contributed by atoms with Crippen LogP contribution in [0.5, 0.6) is 0 Å². The third-order valence-corrected chi connectivity index (χ3v) is 6.84. The Bertz CT molecular complexity index is 739. The van der Waals surface area contributed by atoms with Crippen molar-refractivity contribution in [3.05, 3.63) is 29.8 Å². The van der Waals surface area contributed by atoms with Crippen LogP contribution in [0.2, 0.25) is 0 Å². The smallest absolute Gasteiger partial charge is 0.242 e. The van der Waals surface area contributed by atoms with E-state index in [1.807, 2.05) is 0 Å². The van der Waals surface area contributed by atoms with Crippen molar-refractivity contribution in [2.45, 2.75) is 22.8 Å². The number of amides is 1. The molecule has 0 saturated carbocycles. The Labute approximate surface area is 124 Å². The number of nitrogens with two attached hydrogens (primary N) is 1. The summed E-state index contributed by atoms with van der Waals surface area (Å²) in [5.41, 5.74) is 5.28. The van der Waals surface area contributed by atoms with Gasteiger partial charge in [-0.3, -0.25) is 4.79 Å². The molecule has 21 heavy (non-hydrogen) atoms. The van der Waals surface area contributed by atoms with Crippen LogP contribution in [0.1, 0.15) is 12.5 Å². The van der Waals surface area contributed by atoms with Crippen molar-refractivity contribution in [2.75, 3.05) is 14.1 Å². The highest BCUT2D eigenvalue weighted by Gasteiger charge is 2.27. The Morgan fingerprint density at radius 3 is 2.29 bits per heavy atom. The largest absolute Gasteiger partial charge is 0.369 e. The van der Waals surface area contributed by atoms with Crippen molar-refractivity contribution in [2.24, 2.45) is 5.73 Å². The second-order valence-corrected chi connectivity index (χ2v) is 9.26. The molecule has 0 saturated heterocycles. The summed E-state index contributed by atoms with van der Waals surface area (Å²) in [6.45, 7) is 1.21. The lowest BCUT2D eigenvalue weighted by atomic mass is 10.2. The molecule has 0 fully saturated rings. The molecule has 1 aromatic carbocycles. The van der Waals surface area contributed by atoms with Crippen LogP contribution < -0.4 is 5.73 Å². The van der Waals surface area contributed by atoms with Crippen LogP contribution in [-0.4, -0.2) is 46.4 Å². The molecule has 1 rings (SSSR count). The molecule has 2 N–H and O–H groups in total. The number of benzene rings is 1. The molecule has 0 unspecified atom stereocenters. The summed E-state index contributed by atoms with van der Waals surface area (Å²) in [5, 5.41) is -1.33. The molecule has 0 bridgehead atoms. The molecule has 0 aliphatic rings. The molecule has 0 aromatic heterocycles. The molecular weight excluding hydrogens is 316 g/mol. The van der Waals surface area contributed by atoms with Crippen LogP contribution >= 0.6 is 0 Å². The monoisotopic (exact) mass is 334 g/mol. The molecular formula is C12H18N2O5S2. The van der Waals surface area contributed by atoms with Crippen molar-refractivity contribution in [3.63, 3.8) is 0 Å². The molecule has 1 aromatic rings. The zero-order valence-corrected chi connectivity index (χ0v) is 13.6. The zero-order valence-electron chi connectivity index (χ0n) is 12.0. The zero-order chi connectivity index (χ0) is 16.4. The molecule has 118 valence electrons. The summed E-state index contributed by atoms with van der Waals surface area (Å²) >= 11 is 0. The SMILES string of the molecule is C[C@H](C(N)=O)S(=O)(=O)Cc1cccc(S(=O)(=O)N(C)C)c1. The van der Waals surface area contributed by atoms with Gasteiger partial charge in [-0.25, -0.2) is 21.1 Å². The van der Waals surface area contributed by atoms with Gasteiger partial charge < -0.3 is 5.73 Å². The minimum absolute atomic E-state index is 0.00747. The number of hydrogen-bond acceptors (Lipinski definition) is 5. The van der Waals surface area contributed by atoms with Gasteiger partial charge in [0.2, 0.25) is 15.9 Å². The average Bonchev–Trinajstić information content (AvgIpc) is 2.37. The van der Waals surface area contributed by atoms with Gasteiger partial charge in [-0.15, -0.1) is 0 Å². The number of nitrogens with zero attached hydrogens (tertiary/aromatic N) is 1. The summed E-state index contributed by atoms with van der Waals surface area (Å²) in [7, 11) is -4.66. The lowest BCUT2D eigenvalue weighted by Gasteiger charge is -2.13. The number of primary amides is 1. The third kappa shape index (κ3) is 4.02. The number of sulfonamides is 1. The Balaban J connectivity index is 3.17. The Morgan fingerprint density at radius 1 is 1.24 bits per heavy atom. The predicted molar refractivity (Wildman–Crippen MR) is 78.6 cm³/mol. The van der Waals surface area contributed by atoms with E-state index in [2.05, 4.69) is 0 Å². The molecule has 9 heteroatoms. The molecule has 0 radical (unpaired) electrons. The van der Waals surface area contributed by atoms with E-state index in [0.29, 0.717) is 0 Å². The first-order valence-electron chi connectivity index (χ1n) is 6.01. The number of rotatable bonds is 6. The normalized spacial score (nSPS) is 14.1. The predicted octanol–water partition coefficient (Wildman–Crippen LogP) is -0.274. The van der Waals surface area contributed by atoms with E-state index in [-0.39, 0.29) is 10.5 Å². The Hall–Kier alpha value is -1.45. The van der Waals surface area contributed by atoms with Gasteiger partial charge in [0, 0.05) is 14.1 Å². The highest BCUT2D eigenvalue weighted by Crippen LogP contribution is 2.18. The minimum Gasteiger partial charge on any atom is -0.369 e. The maximum Gasteiger partial charge on any atom is 0.242 e. The fourth-order valence-electron chi connectivity index (χ4n) is 1.54. The molecule has 0 heterocycles. The number of carbonyl (C=O) groups is 1. The number of hydrogen-bond donors (Lipinski definition) is 1. The lowest BCUT2D eigenvalue weighted by molar-refractivity contribution is -0.117. The summed E-state index contributed by atoms with van der Waals surface area (Å²) in [5.74, 6) is -1.39. The molecule has 0 aliphatic heterocycles. The highest BCUT2D eigenvalue weighted by molar-refractivity contribution is 7.92. The maximum atomic E-state index is 12.0. The first-order valence-corrected chi connectivity index (χ1v) is 9.16. The van der Waals surface area contributed by atoms with Gasteiger partial charge >= 0.3 is 0 Å². The van der Waals surface area contributed by atoms with Crippen molar-refractivity contribution in [1.82, 2.24) is 4.31 Å². The van der Waals surface area contributed by atoms with Crippen molar-refractivity contribution >= 4 is 25.8 Å². The first-order chi connectivity index (χ1) is 9.48. The number of carbonyl (C=O) groups excluding carboxylic acids is 1. The highest BCUT2D eigenvalue weighted by atomic mass is 32.2. The standard InChI is InChI=1S/C12H18N2O5S2/c1-9(12(13)15)20(16,17)8-10-5-4-6-11(7-10)21(18,19)14(2)3/h4-7,9H,8H2,1-3H3,(H2,13,15)/t9-/m1/s1. The molecule has 1 amide bonds. The van der Waals surface area contributed by atoms with Crippen molar-refractivity contribution in [3.8, 4) is 0 Å². The van der Waals surface area contributed by atoms with E-state index in [1.165, 1.54) is 45.3 Å². The maximum absolute atomic E-state index is 12.0. The van der Waals surface area contributed by atoms with E-state index in [0.717, 1.165) is 4.31 Å².